The van der Waals surface area contributed by atoms with Crippen molar-refractivity contribution in [3.8, 4) is 17.2 Å². The average molecular weight is 961 g/mol. The standard InChI is InChI=1S/C49H64N6O14/c1-57-41-17-13-39(14-18-41)49(38-9-5-3-6-10-38,40-15-19-42(58-2)20-16-40)67-37-44-45(56)46(65-35-33-63-31-29-61-27-25-59-23-21-52-54-50)47(48(69-44)68-43-11-7-4-8-12-43)66-36-34-64-32-30-62-28-26-60-24-22-53-55-51/h3-20,44-48,56H,21-37H2,1-2H3/t44-,45-,46+,47-,48-/m1/s1. The monoisotopic (exact) mass is 960 g/mol. The number of benzene rings is 4. The Labute approximate surface area is 402 Å². The van der Waals surface area contributed by atoms with Crippen LogP contribution in [-0.2, 0) is 53.0 Å². The summed E-state index contributed by atoms with van der Waals surface area (Å²) in [6, 6.07) is 34.4. The van der Waals surface area contributed by atoms with Crippen molar-refractivity contribution in [1.29, 1.82) is 0 Å². The van der Waals surface area contributed by atoms with E-state index in [1.165, 1.54) is 0 Å². The molecule has 1 aliphatic rings. The molecule has 1 N–H and O–H groups in total. The Bertz CT molecular complexity index is 2020. The Balaban J connectivity index is 1.33. The first-order chi connectivity index (χ1) is 34.0. The normalized spacial score (nSPS) is 17.9. The summed E-state index contributed by atoms with van der Waals surface area (Å²) in [7, 11) is 3.23. The second-order valence-electron chi connectivity index (χ2n) is 15.0. The Morgan fingerprint density at radius 3 is 1.36 bits per heavy atom. The number of azide groups is 2. The minimum absolute atomic E-state index is 0.0878. The third-order valence-electron chi connectivity index (χ3n) is 10.6. The second kappa shape index (κ2) is 32.3. The van der Waals surface area contributed by atoms with Gasteiger partial charge in [0.1, 0.15) is 47.3 Å². The maximum Gasteiger partial charge on any atom is 0.229 e. The fourth-order valence-corrected chi connectivity index (χ4v) is 7.28. The van der Waals surface area contributed by atoms with Crippen molar-refractivity contribution in [3.05, 3.63) is 147 Å². The van der Waals surface area contributed by atoms with Crippen LogP contribution in [0.5, 0.6) is 17.2 Å². The molecule has 4 aromatic rings. The molecule has 20 heteroatoms. The summed E-state index contributed by atoms with van der Waals surface area (Å²) >= 11 is 0. The zero-order chi connectivity index (χ0) is 48.6. The minimum atomic E-state index is -1.28. The number of methoxy groups -OCH3 is 2. The van der Waals surface area contributed by atoms with E-state index in [4.69, 9.17) is 72.6 Å². The van der Waals surface area contributed by atoms with Gasteiger partial charge in [-0.1, -0.05) is 83.0 Å². The molecule has 0 spiro atoms. The van der Waals surface area contributed by atoms with Gasteiger partial charge >= 0.3 is 0 Å². The molecule has 0 amide bonds. The van der Waals surface area contributed by atoms with Crippen molar-refractivity contribution < 1.29 is 66.7 Å². The van der Waals surface area contributed by atoms with Crippen LogP contribution in [0.3, 0.4) is 0 Å². The maximum absolute atomic E-state index is 12.3. The van der Waals surface area contributed by atoms with Crippen LogP contribution in [0.1, 0.15) is 16.7 Å². The Hall–Kier alpha value is -5.54. The summed E-state index contributed by atoms with van der Waals surface area (Å²) < 4.78 is 77.9. The summed E-state index contributed by atoms with van der Waals surface area (Å²) in [6.45, 7) is 4.25. The van der Waals surface area contributed by atoms with Crippen LogP contribution in [0.15, 0.2) is 119 Å². The van der Waals surface area contributed by atoms with E-state index in [0.717, 1.165) is 16.7 Å². The number of hydrogen-bond donors (Lipinski definition) is 1. The van der Waals surface area contributed by atoms with E-state index in [1.54, 1.807) is 26.4 Å². The van der Waals surface area contributed by atoms with E-state index >= 15 is 0 Å². The molecule has 0 aromatic heterocycles. The fourth-order valence-electron chi connectivity index (χ4n) is 7.28. The van der Waals surface area contributed by atoms with Gasteiger partial charge in [-0.15, -0.1) is 0 Å². The van der Waals surface area contributed by atoms with Crippen molar-refractivity contribution in [2.24, 2.45) is 10.2 Å². The number of aliphatic hydroxyl groups is 1. The molecule has 20 nitrogen and oxygen atoms in total. The maximum atomic E-state index is 12.3. The van der Waals surface area contributed by atoms with Crippen LogP contribution in [-0.4, -0.2) is 162 Å². The number of nitrogens with zero attached hydrogens (tertiary/aromatic N) is 6. The fraction of sp³-hybridized carbons (Fsp3) is 0.510. The molecule has 1 fully saturated rings. The van der Waals surface area contributed by atoms with Gasteiger partial charge in [-0.25, -0.2) is 0 Å². The van der Waals surface area contributed by atoms with Crippen molar-refractivity contribution in [3.63, 3.8) is 0 Å². The molecule has 1 saturated heterocycles. The molecule has 69 heavy (non-hydrogen) atoms. The van der Waals surface area contributed by atoms with Crippen LogP contribution in [0.25, 0.3) is 20.9 Å². The largest absolute Gasteiger partial charge is 0.497 e. The van der Waals surface area contributed by atoms with E-state index in [-0.39, 0.29) is 46.1 Å². The highest BCUT2D eigenvalue weighted by Crippen LogP contribution is 2.42. The quantitative estimate of drug-likeness (QED) is 0.0165. The highest BCUT2D eigenvalue weighted by molar-refractivity contribution is 5.49. The predicted molar refractivity (Wildman–Crippen MR) is 252 cm³/mol. The van der Waals surface area contributed by atoms with Gasteiger partial charge in [-0.2, -0.15) is 0 Å². The molecule has 0 bridgehead atoms. The van der Waals surface area contributed by atoms with Gasteiger partial charge in [-0.3, -0.25) is 0 Å². The first-order valence-electron chi connectivity index (χ1n) is 22.8. The van der Waals surface area contributed by atoms with E-state index < -0.39 is 36.3 Å². The number of rotatable bonds is 36. The summed E-state index contributed by atoms with van der Waals surface area (Å²) in [5, 5.41) is 19.2. The first kappa shape index (κ1) is 54.4. The number of para-hydroxylation sites is 1. The van der Waals surface area contributed by atoms with Gasteiger partial charge in [0.15, 0.2) is 0 Å². The highest BCUT2D eigenvalue weighted by atomic mass is 16.7. The van der Waals surface area contributed by atoms with E-state index in [2.05, 4.69) is 20.1 Å². The Morgan fingerprint density at radius 2 is 0.913 bits per heavy atom. The van der Waals surface area contributed by atoms with Crippen molar-refractivity contribution >= 4 is 0 Å². The van der Waals surface area contributed by atoms with Crippen LogP contribution >= 0.6 is 0 Å². The molecular formula is C49H64N6O14. The summed E-state index contributed by atoms with van der Waals surface area (Å²) in [5.41, 5.74) is 18.0. The van der Waals surface area contributed by atoms with Crippen molar-refractivity contribution in [1.82, 2.24) is 0 Å². The lowest BCUT2D eigenvalue weighted by molar-refractivity contribution is -0.301. The van der Waals surface area contributed by atoms with Crippen LogP contribution in [0.4, 0.5) is 0 Å². The van der Waals surface area contributed by atoms with Crippen molar-refractivity contribution in [2.75, 3.05) is 126 Å². The average Bonchev–Trinajstić information content (AvgIpc) is 3.39. The van der Waals surface area contributed by atoms with Gasteiger partial charge in [0.05, 0.1) is 113 Å². The summed E-state index contributed by atoms with van der Waals surface area (Å²) in [6.07, 6.45) is -5.28. The lowest BCUT2D eigenvalue weighted by atomic mass is 9.80. The zero-order valence-corrected chi connectivity index (χ0v) is 39.2. The lowest BCUT2D eigenvalue weighted by Gasteiger charge is -2.45. The molecule has 374 valence electrons. The predicted octanol–water partition coefficient (Wildman–Crippen LogP) is 6.67. The lowest BCUT2D eigenvalue weighted by Crippen LogP contribution is -2.62. The summed E-state index contributed by atoms with van der Waals surface area (Å²) in [4.78, 5) is 5.40. The van der Waals surface area contributed by atoms with Crippen LogP contribution in [0, 0.1) is 0 Å². The van der Waals surface area contributed by atoms with Gasteiger partial charge in [-0.05, 0) is 64.2 Å². The molecule has 0 aliphatic carbocycles. The molecule has 5 rings (SSSR count). The van der Waals surface area contributed by atoms with Crippen LogP contribution < -0.4 is 14.2 Å². The number of ether oxygens (including phenoxy) is 13. The molecular weight excluding hydrogens is 897 g/mol. The minimum Gasteiger partial charge on any atom is -0.497 e. The molecule has 0 saturated carbocycles. The molecule has 1 aliphatic heterocycles. The Kier molecular flexibility index (Phi) is 25.5. The number of hydrogen-bond acceptors (Lipinski definition) is 16. The van der Waals surface area contributed by atoms with Gasteiger partial charge in [0.2, 0.25) is 6.29 Å². The molecule has 1 heterocycles. The topological polar surface area (TPSA) is 238 Å². The van der Waals surface area contributed by atoms with Gasteiger partial charge in [0.25, 0.3) is 0 Å². The smallest absolute Gasteiger partial charge is 0.229 e. The first-order valence-corrected chi connectivity index (χ1v) is 22.8. The molecule has 5 atom stereocenters. The van der Waals surface area contributed by atoms with E-state index in [9.17, 15) is 5.11 Å². The van der Waals surface area contributed by atoms with Crippen LogP contribution in [0.2, 0.25) is 0 Å². The van der Waals surface area contributed by atoms with E-state index in [1.807, 2.05) is 97.1 Å². The number of aliphatic hydroxyl groups excluding tert-OH is 1. The van der Waals surface area contributed by atoms with Gasteiger partial charge in [0, 0.05) is 22.9 Å². The van der Waals surface area contributed by atoms with Crippen molar-refractivity contribution in [2.45, 2.75) is 36.3 Å². The third kappa shape index (κ3) is 18.1. The SMILES string of the molecule is COc1ccc(C(OC[C@H]2O[C@@H](Oc3ccccc3)[C@H](OCCOCCOCCOCCN=[N+]=[N-])[C@@H](OCCOCCOCCOCCN=[N+]=[N-])[C@@H]2O)(c2ccccc2)c2ccc(OC)cc2)cc1. The third-order valence-corrected chi connectivity index (χ3v) is 10.6. The highest BCUT2D eigenvalue weighted by Gasteiger charge is 2.49. The van der Waals surface area contributed by atoms with Gasteiger partial charge < -0.3 is 66.7 Å². The molecule has 4 aromatic carbocycles. The molecule has 0 radical (unpaired) electrons. The zero-order valence-electron chi connectivity index (χ0n) is 39.2. The van der Waals surface area contributed by atoms with E-state index in [0.29, 0.717) is 83.3 Å². The summed E-state index contributed by atoms with van der Waals surface area (Å²) in [5.74, 6) is 1.87. The Morgan fingerprint density at radius 1 is 0.507 bits per heavy atom. The molecule has 0 unspecified atom stereocenters. The second-order valence-corrected chi connectivity index (χ2v) is 15.0.